The lowest BCUT2D eigenvalue weighted by Crippen LogP contribution is -2.04. The fourth-order valence-electron chi connectivity index (χ4n) is 8.33. The van der Waals surface area contributed by atoms with Crippen LogP contribution >= 0.6 is 11.3 Å². The van der Waals surface area contributed by atoms with Gasteiger partial charge in [-0.05, 0) is 69.4 Å². The Kier molecular flexibility index (Phi) is 6.67. The molecule has 0 fully saturated rings. The van der Waals surface area contributed by atoms with E-state index in [4.69, 9.17) is 20.4 Å². The zero-order valence-electron chi connectivity index (χ0n) is 37.9. The van der Waals surface area contributed by atoms with Gasteiger partial charge in [-0.3, -0.25) is 0 Å². The summed E-state index contributed by atoms with van der Waals surface area (Å²) in [6.07, 6.45) is 0. The van der Waals surface area contributed by atoms with Gasteiger partial charge in [0.25, 0.3) is 0 Å². The summed E-state index contributed by atoms with van der Waals surface area (Å²) in [5.74, 6) is 1.22. The molecule has 0 unspecified atom stereocenters. The van der Waals surface area contributed by atoms with E-state index in [2.05, 4.69) is 84.9 Å². The number of hydrogen-bond acceptors (Lipinski definition) is 4. The van der Waals surface area contributed by atoms with Crippen LogP contribution in [-0.4, -0.2) is 19.5 Å². The molecule has 3 aromatic heterocycles. The maximum absolute atomic E-state index is 9.29. The first-order chi connectivity index (χ1) is 32.2. The van der Waals surface area contributed by atoms with Gasteiger partial charge in [0.05, 0.1) is 24.9 Å². The third-order valence-electron chi connectivity index (χ3n) is 11.2. The molecule has 280 valence electrons. The highest BCUT2D eigenvalue weighted by atomic mass is 32.1. The maximum Gasteiger partial charge on any atom is 0.166 e. The van der Waals surface area contributed by atoms with Gasteiger partial charge in [-0.15, -0.1) is 11.3 Å². The molecule has 0 saturated carbocycles. The SMILES string of the molecule is [2H]c1cc([2H])c2c(c1[2H])c1c([2H])c([2H])cc([2H])c1n2-c1ccc(-c2cccc3c2sc2ccccc23)cc1-c1nc(-c2ccccc2)nc(-c2ccc(-c3ccc4ccccc4c3)cc2)n1. The quantitative estimate of drug-likeness (QED) is 0.169. The van der Waals surface area contributed by atoms with Gasteiger partial charge < -0.3 is 4.57 Å². The van der Waals surface area contributed by atoms with Crippen molar-refractivity contribution in [3.05, 3.63) is 206 Å². The van der Waals surface area contributed by atoms with E-state index < -0.39 is 0 Å². The molecule has 12 aromatic rings. The zero-order chi connectivity index (χ0) is 44.8. The van der Waals surface area contributed by atoms with Crippen LogP contribution in [0.15, 0.2) is 206 Å². The summed E-state index contributed by atoms with van der Waals surface area (Å²) in [6.45, 7) is 0. The Bertz CT molecular complexity index is 3890. The van der Waals surface area contributed by atoms with Crippen LogP contribution in [0.2, 0.25) is 0 Å². The molecule has 0 radical (unpaired) electrons. The van der Waals surface area contributed by atoms with Crippen molar-refractivity contribution in [1.82, 2.24) is 19.5 Å². The van der Waals surface area contributed by atoms with E-state index in [0.29, 0.717) is 28.7 Å². The number of hydrogen-bond donors (Lipinski definition) is 0. The average molecular weight is 789 g/mol. The third kappa shape index (κ3) is 5.70. The average Bonchev–Trinajstić information content (AvgIpc) is 3.93. The van der Waals surface area contributed by atoms with Gasteiger partial charge in [-0.1, -0.05) is 170 Å². The number of para-hydroxylation sites is 2. The fraction of sp³-hybridized carbons (Fsp3) is 0. The van der Waals surface area contributed by atoms with E-state index in [1.165, 1.54) is 27.6 Å². The summed E-state index contributed by atoms with van der Waals surface area (Å²) in [6, 6.07) is 55.2. The van der Waals surface area contributed by atoms with E-state index in [-0.39, 0.29) is 58.1 Å². The molecule has 5 heteroatoms. The van der Waals surface area contributed by atoms with Crippen molar-refractivity contribution >= 4 is 64.1 Å². The first kappa shape index (κ1) is 28.6. The largest absolute Gasteiger partial charge is 0.309 e. The molecule has 0 saturated heterocycles. The van der Waals surface area contributed by atoms with Crippen LogP contribution in [0.5, 0.6) is 0 Å². The Labute approximate surface area is 358 Å². The highest BCUT2D eigenvalue weighted by Gasteiger charge is 2.21. The van der Waals surface area contributed by atoms with Crippen LogP contribution < -0.4 is 0 Å². The molecule has 0 aliphatic heterocycles. The lowest BCUT2D eigenvalue weighted by Gasteiger charge is -2.16. The minimum absolute atomic E-state index is 0.0505. The zero-order valence-corrected chi connectivity index (χ0v) is 32.7. The first-order valence-corrected chi connectivity index (χ1v) is 20.5. The topological polar surface area (TPSA) is 43.6 Å². The van der Waals surface area contributed by atoms with Crippen LogP contribution in [0.25, 0.3) is 115 Å². The summed E-state index contributed by atoms with van der Waals surface area (Å²) in [5.41, 5.74) is 7.14. The molecule has 60 heavy (non-hydrogen) atoms. The molecule has 0 N–H and O–H groups in total. The smallest absolute Gasteiger partial charge is 0.166 e. The summed E-state index contributed by atoms with van der Waals surface area (Å²) in [5, 5.41) is 5.00. The highest BCUT2D eigenvalue weighted by Crippen LogP contribution is 2.43. The van der Waals surface area contributed by atoms with Crippen molar-refractivity contribution in [1.29, 1.82) is 0 Å². The predicted octanol–water partition coefficient (Wildman–Crippen LogP) is 14.8. The van der Waals surface area contributed by atoms with Crippen molar-refractivity contribution in [2.24, 2.45) is 0 Å². The second-order valence-corrected chi connectivity index (χ2v) is 15.8. The minimum atomic E-state index is -0.182. The lowest BCUT2D eigenvalue weighted by atomic mass is 9.99. The Morgan fingerprint density at radius 3 is 1.80 bits per heavy atom. The van der Waals surface area contributed by atoms with Gasteiger partial charge in [-0.25, -0.2) is 15.0 Å². The Hall–Kier alpha value is -7.73. The van der Waals surface area contributed by atoms with Crippen molar-refractivity contribution in [3.8, 4) is 62.1 Å². The molecule has 0 bridgehead atoms. The van der Waals surface area contributed by atoms with Gasteiger partial charge in [0.15, 0.2) is 17.5 Å². The Balaban J connectivity index is 1.14. The second-order valence-electron chi connectivity index (χ2n) is 14.7. The summed E-state index contributed by atoms with van der Waals surface area (Å²) < 4.78 is 58.0. The summed E-state index contributed by atoms with van der Waals surface area (Å²) in [7, 11) is 0. The van der Waals surface area contributed by atoms with E-state index in [9.17, 15) is 2.74 Å². The number of fused-ring (bicyclic) bond motifs is 7. The number of aromatic nitrogens is 4. The van der Waals surface area contributed by atoms with E-state index >= 15 is 0 Å². The van der Waals surface area contributed by atoms with Crippen LogP contribution in [0, 0.1) is 0 Å². The Morgan fingerprint density at radius 2 is 1.02 bits per heavy atom. The lowest BCUT2D eigenvalue weighted by molar-refractivity contribution is 1.06. The summed E-state index contributed by atoms with van der Waals surface area (Å²) in [4.78, 5) is 15.5. The van der Waals surface area contributed by atoms with Gasteiger partial charge in [-0.2, -0.15) is 0 Å². The van der Waals surface area contributed by atoms with Crippen molar-refractivity contribution in [3.63, 3.8) is 0 Å². The predicted molar refractivity (Wildman–Crippen MR) is 252 cm³/mol. The van der Waals surface area contributed by atoms with Crippen LogP contribution in [0.4, 0.5) is 0 Å². The van der Waals surface area contributed by atoms with Gasteiger partial charge >= 0.3 is 0 Å². The monoisotopic (exact) mass is 788 g/mol. The maximum atomic E-state index is 9.29. The van der Waals surface area contributed by atoms with Crippen molar-refractivity contribution in [2.75, 3.05) is 0 Å². The first-order valence-electron chi connectivity index (χ1n) is 22.7. The highest BCUT2D eigenvalue weighted by molar-refractivity contribution is 7.26. The standard InChI is InChI=1S/C55H34N4S/c1-2-14-37(15-3-1)53-56-54(38-28-25-36(26-29-38)40-30-27-35-13-4-5-16-39(35)33-40)58-55(57-53)47-34-41(42-20-12-21-46-45-19-8-11-24-51(45)60-52(42)46)31-32-50(47)59-48-22-9-6-17-43(48)44-18-7-10-23-49(44)59/h1-34H/i6D,7D,17D,18D,22D,23D. The molecule has 0 spiro atoms. The molecule has 3 heterocycles. The second kappa shape index (κ2) is 14.0. The van der Waals surface area contributed by atoms with E-state index in [1.807, 2.05) is 72.8 Å². The molecular weight excluding hydrogens is 749 g/mol. The number of benzene rings is 9. The van der Waals surface area contributed by atoms with Crippen molar-refractivity contribution in [2.45, 2.75) is 0 Å². The van der Waals surface area contributed by atoms with E-state index in [1.54, 1.807) is 15.9 Å². The fourth-order valence-corrected chi connectivity index (χ4v) is 9.57. The third-order valence-corrected chi connectivity index (χ3v) is 12.4. The molecule has 12 rings (SSSR count). The van der Waals surface area contributed by atoms with Gasteiger partial charge in [0.1, 0.15) is 0 Å². The number of nitrogens with zero attached hydrogens (tertiary/aromatic N) is 4. The minimum Gasteiger partial charge on any atom is -0.309 e. The molecule has 0 atom stereocenters. The molecule has 4 nitrogen and oxygen atoms in total. The Morgan fingerprint density at radius 1 is 0.400 bits per heavy atom. The summed E-state index contributed by atoms with van der Waals surface area (Å²) >= 11 is 1.73. The van der Waals surface area contributed by atoms with Crippen LogP contribution in [0.3, 0.4) is 0 Å². The molecule has 0 aliphatic rings. The molecular formula is C55H34N4S. The van der Waals surface area contributed by atoms with Crippen LogP contribution in [-0.2, 0) is 0 Å². The molecule has 0 aliphatic carbocycles. The molecule has 0 amide bonds. The van der Waals surface area contributed by atoms with E-state index in [0.717, 1.165) is 48.9 Å². The van der Waals surface area contributed by atoms with Crippen molar-refractivity contribution < 1.29 is 8.22 Å². The molecule has 9 aromatic carbocycles. The van der Waals surface area contributed by atoms with Gasteiger partial charge in [0.2, 0.25) is 0 Å². The number of rotatable bonds is 6. The normalized spacial score (nSPS) is 13.1. The number of thiophene rings is 1. The van der Waals surface area contributed by atoms with Crippen LogP contribution in [0.1, 0.15) is 8.22 Å². The van der Waals surface area contributed by atoms with Gasteiger partial charge in [0, 0.05) is 47.6 Å².